The lowest BCUT2D eigenvalue weighted by Crippen LogP contribution is -2.13. The molecule has 0 radical (unpaired) electrons. The van der Waals surface area contributed by atoms with Gasteiger partial charge in [0.25, 0.3) is 0 Å². The molecule has 0 aromatic heterocycles. The molecule has 0 amide bonds. The molecule has 0 heterocycles. The Bertz CT molecular complexity index is 328. The Labute approximate surface area is 96.6 Å². The van der Waals surface area contributed by atoms with E-state index in [9.17, 15) is 4.39 Å². The quantitative estimate of drug-likeness (QED) is 0.753. The molecule has 1 aromatic rings. The van der Waals surface area contributed by atoms with Crippen molar-refractivity contribution in [3.05, 3.63) is 29.6 Å². The number of nitrogens with two attached hydrogens (primary N) is 1. The van der Waals surface area contributed by atoms with Crippen LogP contribution in [0.5, 0.6) is 5.75 Å². The van der Waals surface area contributed by atoms with Crippen molar-refractivity contribution in [1.82, 2.24) is 0 Å². The molecule has 0 aliphatic carbocycles. The van der Waals surface area contributed by atoms with Gasteiger partial charge in [-0.1, -0.05) is 32.3 Å². The molecule has 0 saturated carbocycles. The average Bonchev–Trinajstić information content (AvgIpc) is 2.28. The van der Waals surface area contributed by atoms with Gasteiger partial charge in [0.1, 0.15) is 11.6 Å². The maximum atomic E-state index is 13.6. The zero-order valence-electron chi connectivity index (χ0n) is 10.0. The number of halogens is 1. The summed E-state index contributed by atoms with van der Waals surface area (Å²) in [5.74, 6) is 0.271. The van der Waals surface area contributed by atoms with Crippen LogP contribution in [0.4, 0.5) is 4.39 Å². The van der Waals surface area contributed by atoms with Gasteiger partial charge in [0.2, 0.25) is 0 Å². The highest BCUT2D eigenvalue weighted by Crippen LogP contribution is 2.29. The second-order valence-corrected chi connectivity index (χ2v) is 3.96. The summed E-state index contributed by atoms with van der Waals surface area (Å²) in [6.07, 6.45) is 4.09. The van der Waals surface area contributed by atoms with Crippen LogP contribution < -0.4 is 10.5 Å². The average molecular weight is 225 g/mol. The summed E-state index contributed by atoms with van der Waals surface area (Å²) >= 11 is 0. The molecule has 0 spiro atoms. The molecule has 16 heavy (non-hydrogen) atoms. The van der Waals surface area contributed by atoms with E-state index in [1.165, 1.54) is 13.2 Å². The Balaban J connectivity index is 2.76. The molecular weight excluding hydrogens is 205 g/mol. The third kappa shape index (κ3) is 3.20. The first kappa shape index (κ1) is 13.0. The summed E-state index contributed by atoms with van der Waals surface area (Å²) in [5, 5.41) is 0. The van der Waals surface area contributed by atoms with Crippen LogP contribution in [0.25, 0.3) is 0 Å². The van der Waals surface area contributed by atoms with Gasteiger partial charge in [-0.25, -0.2) is 4.39 Å². The van der Waals surface area contributed by atoms with E-state index >= 15 is 0 Å². The summed E-state index contributed by atoms with van der Waals surface area (Å²) in [5.41, 5.74) is 6.49. The van der Waals surface area contributed by atoms with Gasteiger partial charge >= 0.3 is 0 Å². The number of benzene rings is 1. The third-order valence-electron chi connectivity index (χ3n) is 2.72. The smallest absolute Gasteiger partial charge is 0.131 e. The van der Waals surface area contributed by atoms with Gasteiger partial charge in [-0.05, 0) is 18.6 Å². The minimum Gasteiger partial charge on any atom is -0.496 e. The molecule has 0 aliphatic rings. The number of rotatable bonds is 6. The SMILES string of the molecule is CCCCC[C@H](N)c1c(F)cccc1OC. The number of methoxy groups -OCH3 is 1. The lowest BCUT2D eigenvalue weighted by Gasteiger charge is -2.16. The fraction of sp³-hybridized carbons (Fsp3) is 0.538. The first-order chi connectivity index (χ1) is 7.70. The summed E-state index contributed by atoms with van der Waals surface area (Å²) < 4.78 is 18.8. The van der Waals surface area contributed by atoms with Crippen molar-refractivity contribution >= 4 is 0 Å². The number of unbranched alkanes of at least 4 members (excludes halogenated alkanes) is 2. The molecular formula is C13H20FNO. The Morgan fingerprint density at radius 1 is 1.38 bits per heavy atom. The highest BCUT2D eigenvalue weighted by molar-refractivity contribution is 5.36. The van der Waals surface area contributed by atoms with Crippen molar-refractivity contribution in [1.29, 1.82) is 0 Å². The van der Waals surface area contributed by atoms with E-state index in [1.54, 1.807) is 12.1 Å². The van der Waals surface area contributed by atoms with Crippen LogP contribution in [-0.4, -0.2) is 7.11 Å². The van der Waals surface area contributed by atoms with Crippen molar-refractivity contribution in [3.63, 3.8) is 0 Å². The topological polar surface area (TPSA) is 35.2 Å². The van der Waals surface area contributed by atoms with Crippen molar-refractivity contribution in [3.8, 4) is 5.75 Å². The summed E-state index contributed by atoms with van der Waals surface area (Å²) in [6.45, 7) is 2.13. The van der Waals surface area contributed by atoms with Gasteiger partial charge in [-0.15, -0.1) is 0 Å². The van der Waals surface area contributed by atoms with Gasteiger partial charge in [-0.3, -0.25) is 0 Å². The fourth-order valence-corrected chi connectivity index (χ4v) is 1.81. The van der Waals surface area contributed by atoms with Gasteiger partial charge in [-0.2, -0.15) is 0 Å². The number of ether oxygens (including phenoxy) is 1. The van der Waals surface area contributed by atoms with Crippen LogP contribution in [0.3, 0.4) is 0 Å². The van der Waals surface area contributed by atoms with Crippen LogP contribution in [0.15, 0.2) is 18.2 Å². The summed E-state index contributed by atoms with van der Waals surface area (Å²) in [7, 11) is 1.54. The lowest BCUT2D eigenvalue weighted by molar-refractivity contribution is 0.396. The van der Waals surface area contributed by atoms with Gasteiger partial charge in [0.05, 0.1) is 7.11 Å². The predicted octanol–water partition coefficient (Wildman–Crippen LogP) is 3.41. The molecule has 0 bridgehead atoms. The largest absolute Gasteiger partial charge is 0.496 e. The number of hydrogen-bond donors (Lipinski definition) is 1. The fourth-order valence-electron chi connectivity index (χ4n) is 1.81. The summed E-state index contributed by atoms with van der Waals surface area (Å²) in [6, 6.07) is 4.54. The molecule has 1 aromatic carbocycles. The molecule has 1 atom stereocenters. The predicted molar refractivity (Wildman–Crippen MR) is 64.0 cm³/mol. The van der Waals surface area contributed by atoms with E-state index < -0.39 is 0 Å². The zero-order valence-corrected chi connectivity index (χ0v) is 10.0. The molecule has 2 N–H and O–H groups in total. The second kappa shape index (κ2) is 6.48. The monoisotopic (exact) mass is 225 g/mol. The second-order valence-electron chi connectivity index (χ2n) is 3.96. The van der Waals surface area contributed by atoms with Crippen LogP contribution in [0.1, 0.15) is 44.2 Å². The van der Waals surface area contributed by atoms with E-state index in [-0.39, 0.29) is 11.9 Å². The van der Waals surface area contributed by atoms with E-state index in [1.807, 2.05) is 0 Å². The maximum Gasteiger partial charge on any atom is 0.131 e. The van der Waals surface area contributed by atoms with Crippen LogP contribution >= 0.6 is 0 Å². The Morgan fingerprint density at radius 2 is 2.12 bits per heavy atom. The van der Waals surface area contributed by atoms with Crippen molar-refractivity contribution in [2.45, 2.75) is 38.6 Å². The van der Waals surface area contributed by atoms with E-state index in [2.05, 4.69) is 6.92 Å². The van der Waals surface area contributed by atoms with Gasteiger partial charge < -0.3 is 10.5 Å². The highest BCUT2D eigenvalue weighted by atomic mass is 19.1. The van der Waals surface area contributed by atoms with E-state index in [0.717, 1.165) is 25.7 Å². The first-order valence-electron chi connectivity index (χ1n) is 5.78. The van der Waals surface area contributed by atoms with Crippen LogP contribution in [-0.2, 0) is 0 Å². The molecule has 2 nitrogen and oxygen atoms in total. The highest BCUT2D eigenvalue weighted by Gasteiger charge is 2.16. The molecule has 0 saturated heterocycles. The van der Waals surface area contributed by atoms with Crippen LogP contribution in [0, 0.1) is 5.82 Å². The standard InChI is InChI=1S/C13H20FNO/c1-3-4-5-8-11(15)13-10(14)7-6-9-12(13)16-2/h6-7,9,11H,3-5,8,15H2,1-2H3/t11-/m0/s1. The van der Waals surface area contributed by atoms with E-state index in [4.69, 9.17) is 10.5 Å². The van der Waals surface area contributed by atoms with Crippen molar-refractivity contribution in [2.24, 2.45) is 5.73 Å². The van der Waals surface area contributed by atoms with Crippen molar-refractivity contribution < 1.29 is 9.13 Å². The summed E-state index contributed by atoms with van der Waals surface area (Å²) in [4.78, 5) is 0. The molecule has 0 fully saturated rings. The lowest BCUT2D eigenvalue weighted by atomic mass is 10.00. The molecule has 0 aliphatic heterocycles. The van der Waals surface area contributed by atoms with E-state index in [0.29, 0.717) is 11.3 Å². The first-order valence-corrected chi connectivity index (χ1v) is 5.78. The molecule has 1 rings (SSSR count). The molecule has 0 unspecified atom stereocenters. The normalized spacial score (nSPS) is 12.5. The van der Waals surface area contributed by atoms with Gasteiger partial charge in [0, 0.05) is 11.6 Å². The number of hydrogen-bond acceptors (Lipinski definition) is 2. The third-order valence-corrected chi connectivity index (χ3v) is 2.72. The Kier molecular flexibility index (Phi) is 5.26. The molecule has 90 valence electrons. The zero-order chi connectivity index (χ0) is 12.0. The van der Waals surface area contributed by atoms with Crippen molar-refractivity contribution in [2.75, 3.05) is 7.11 Å². The van der Waals surface area contributed by atoms with Crippen LogP contribution in [0.2, 0.25) is 0 Å². The maximum absolute atomic E-state index is 13.6. The minimum atomic E-state index is -0.275. The minimum absolute atomic E-state index is 0.275. The molecule has 3 heteroatoms. The Morgan fingerprint density at radius 3 is 2.75 bits per heavy atom. The van der Waals surface area contributed by atoms with Gasteiger partial charge in [0.15, 0.2) is 0 Å². The Hall–Kier alpha value is -1.09.